The van der Waals surface area contributed by atoms with Crippen LogP contribution in [0, 0.1) is 0 Å². The van der Waals surface area contributed by atoms with E-state index in [4.69, 9.17) is 5.11 Å². The molecule has 0 unspecified atom stereocenters. The zero-order chi connectivity index (χ0) is 14.3. The monoisotopic (exact) mass is 284 g/mol. The molecule has 0 aliphatic heterocycles. The Labute approximate surface area is 114 Å². The number of sulfonamides is 1. The van der Waals surface area contributed by atoms with Crippen LogP contribution in [0.1, 0.15) is 5.56 Å². The van der Waals surface area contributed by atoms with Crippen molar-refractivity contribution in [3.8, 4) is 0 Å². The molecule has 2 N–H and O–H groups in total. The molecule has 0 amide bonds. The lowest BCUT2D eigenvalue weighted by Crippen LogP contribution is -2.34. The van der Waals surface area contributed by atoms with E-state index in [-0.39, 0.29) is 24.6 Å². The van der Waals surface area contributed by atoms with E-state index in [1.165, 1.54) is 10.4 Å². The Morgan fingerprint density at radius 3 is 2.68 bits per heavy atom. The molecule has 1 aromatic carbocycles. The van der Waals surface area contributed by atoms with Crippen LogP contribution in [0.4, 0.5) is 0 Å². The minimum atomic E-state index is -3.62. The molecular weight excluding hydrogens is 264 g/mol. The van der Waals surface area contributed by atoms with Crippen molar-refractivity contribution >= 4 is 10.0 Å². The van der Waals surface area contributed by atoms with E-state index in [0.717, 1.165) is 0 Å². The second-order valence-corrected chi connectivity index (χ2v) is 5.92. The number of rotatable bonds is 8. The van der Waals surface area contributed by atoms with E-state index < -0.39 is 10.0 Å². The predicted molar refractivity (Wildman–Crippen MR) is 75.2 cm³/mol. The van der Waals surface area contributed by atoms with E-state index in [9.17, 15) is 8.42 Å². The van der Waals surface area contributed by atoms with Crippen molar-refractivity contribution in [2.75, 3.05) is 26.7 Å². The highest BCUT2D eigenvalue weighted by Gasteiger charge is 2.25. The lowest BCUT2D eigenvalue weighted by molar-refractivity contribution is 0.260. The maximum Gasteiger partial charge on any atom is 0.243 e. The fourth-order valence-corrected chi connectivity index (χ4v) is 3.42. The molecule has 0 saturated carbocycles. The first kappa shape index (κ1) is 15.8. The number of aliphatic hydroxyl groups excluding tert-OH is 1. The van der Waals surface area contributed by atoms with Gasteiger partial charge in [0.1, 0.15) is 0 Å². The Kier molecular flexibility index (Phi) is 6.17. The Bertz CT molecular complexity index is 514. The summed E-state index contributed by atoms with van der Waals surface area (Å²) in [7, 11) is -1.85. The van der Waals surface area contributed by atoms with Gasteiger partial charge in [0.15, 0.2) is 0 Å². The normalized spacial score (nSPS) is 11.7. The molecule has 0 radical (unpaired) electrons. The summed E-state index contributed by atoms with van der Waals surface area (Å²) < 4.78 is 26.3. The van der Waals surface area contributed by atoms with Gasteiger partial charge in [-0.1, -0.05) is 24.3 Å². The summed E-state index contributed by atoms with van der Waals surface area (Å²) in [6.07, 6.45) is 1.51. The maximum absolute atomic E-state index is 12.5. The third kappa shape index (κ3) is 3.87. The van der Waals surface area contributed by atoms with Crippen molar-refractivity contribution < 1.29 is 13.5 Å². The Morgan fingerprint density at radius 2 is 2.11 bits per heavy atom. The molecule has 0 spiro atoms. The van der Waals surface area contributed by atoms with E-state index >= 15 is 0 Å². The van der Waals surface area contributed by atoms with Crippen molar-refractivity contribution in [1.82, 2.24) is 9.62 Å². The number of aliphatic hydroxyl groups is 1. The number of nitrogens with zero attached hydrogens (tertiary/aromatic N) is 1. The van der Waals surface area contributed by atoms with Gasteiger partial charge in [0.25, 0.3) is 0 Å². The molecule has 0 bridgehead atoms. The summed E-state index contributed by atoms with van der Waals surface area (Å²) in [5, 5.41) is 11.9. The summed E-state index contributed by atoms with van der Waals surface area (Å²) in [5.41, 5.74) is 0.706. The van der Waals surface area contributed by atoms with E-state index in [1.807, 2.05) is 0 Å². The van der Waals surface area contributed by atoms with Gasteiger partial charge in [0.05, 0.1) is 11.5 Å². The van der Waals surface area contributed by atoms with Gasteiger partial charge in [-0.25, -0.2) is 8.42 Å². The van der Waals surface area contributed by atoms with Gasteiger partial charge in [-0.15, -0.1) is 6.58 Å². The summed E-state index contributed by atoms with van der Waals surface area (Å²) in [6, 6.07) is 6.84. The summed E-state index contributed by atoms with van der Waals surface area (Å²) in [4.78, 5) is 0.264. The van der Waals surface area contributed by atoms with Crippen molar-refractivity contribution in [1.29, 1.82) is 0 Å². The van der Waals surface area contributed by atoms with Crippen LogP contribution in [0.15, 0.2) is 41.8 Å². The SMILES string of the molecule is C=CCN(CCO)S(=O)(=O)c1ccccc1CNC. The fourth-order valence-electron chi connectivity index (χ4n) is 1.80. The van der Waals surface area contributed by atoms with Crippen LogP contribution in [0.2, 0.25) is 0 Å². The second-order valence-electron chi connectivity index (χ2n) is 4.01. The average molecular weight is 284 g/mol. The van der Waals surface area contributed by atoms with Gasteiger partial charge in [-0.05, 0) is 18.7 Å². The van der Waals surface area contributed by atoms with E-state index in [2.05, 4.69) is 11.9 Å². The van der Waals surface area contributed by atoms with Gasteiger partial charge in [-0.3, -0.25) is 0 Å². The molecule has 0 fully saturated rings. The number of benzene rings is 1. The van der Waals surface area contributed by atoms with Crippen LogP contribution in [0.5, 0.6) is 0 Å². The topological polar surface area (TPSA) is 69.6 Å². The van der Waals surface area contributed by atoms with Gasteiger partial charge >= 0.3 is 0 Å². The fraction of sp³-hybridized carbons (Fsp3) is 0.385. The zero-order valence-corrected chi connectivity index (χ0v) is 11.9. The summed E-state index contributed by atoms with van der Waals surface area (Å²) in [5.74, 6) is 0. The first-order chi connectivity index (χ1) is 9.07. The highest BCUT2D eigenvalue weighted by Crippen LogP contribution is 2.20. The summed E-state index contributed by atoms with van der Waals surface area (Å²) >= 11 is 0. The molecule has 1 rings (SSSR count). The Hall–Kier alpha value is -1.21. The zero-order valence-electron chi connectivity index (χ0n) is 11.0. The van der Waals surface area contributed by atoms with E-state index in [0.29, 0.717) is 12.1 Å². The molecule has 6 heteroatoms. The van der Waals surface area contributed by atoms with Crippen LogP contribution in [-0.2, 0) is 16.6 Å². The Morgan fingerprint density at radius 1 is 1.42 bits per heavy atom. The van der Waals surface area contributed by atoms with Gasteiger partial charge in [0.2, 0.25) is 10.0 Å². The first-order valence-electron chi connectivity index (χ1n) is 6.02. The third-order valence-corrected chi connectivity index (χ3v) is 4.61. The smallest absolute Gasteiger partial charge is 0.243 e. The molecular formula is C13H20N2O3S. The molecule has 0 aliphatic carbocycles. The second kappa shape index (κ2) is 7.40. The molecule has 1 aromatic rings. The standard InChI is InChI=1S/C13H20N2O3S/c1-3-8-15(9-10-16)19(17,18)13-7-5-4-6-12(13)11-14-2/h3-7,14,16H,1,8-11H2,2H3. The molecule has 5 nitrogen and oxygen atoms in total. The van der Waals surface area contributed by atoms with E-state index in [1.54, 1.807) is 31.3 Å². The van der Waals surface area contributed by atoms with Gasteiger partial charge in [-0.2, -0.15) is 4.31 Å². The average Bonchev–Trinajstić information content (AvgIpc) is 2.39. The molecule has 0 heterocycles. The summed E-state index contributed by atoms with van der Waals surface area (Å²) in [6.45, 7) is 4.03. The minimum Gasteiger partial charge on any atom is -0.395 e. The van der Waals surface area contributed by atoms with Gasteiger partial charge < -0.3 is 10.4 Å². The quantitative estimate of drug-likeness (QED) is 0.685. The number of nitrogens with one attached hydrogen (secondary N) is 1. The molecule has 0 saturated heterocycles. The van der Waals surface area contributed by atoms with Gasteiger partial charge in [0, 0.05) is 19.6 Å². The van der Waals surface area contributed by atoms with Crippen LogP contribution in [0.25, 0.3) is 0 Å². The molecule has 0 aliphatic rings. The van der Waals surface area contributed by atoms with Crippen molar-refractivity contribution in [3.63, 3.8) is 0 Å². The third-order valence-electron chi connectivity index (χ3n) is 2.64. The molecule has 0 atom stereocenters. The lowest BCUT2D eigenvalue weighted by atomic mass is 10.2. The van der Waals surface area contributed by atoms with Crippen LogP contribution in [0.3, 0.4) is 0 Å². The maximum atomic E-state index is 12.5. The predicted octanol–water partition coefficient (Wildman–Crippen LogP) is 0.575. The van der Waals surface area contributed by atoms with Crippen molar-refractivity contribution in [2.45, 2.75) is 11.4 Å². The Balaban J connectivity index is 3.20. The molecule has 106 valence electrons. The van der Waals surface area contributed by atoms with Crippen LogP contribution in [-0.4, -0.2) is 44.6 Å². The largest absolute Gasteiger partial charge is 0.395 e. The number of hydrogen-bond donors (Lipinski definition) is 2. The highest BCUT2D eigenvalue weighted by molar-refractivity contribution is 7.89. The highest BCUT2D eigenvalue weighted by atomic mass is 32.2. The first-order valence-corrected chi connectivity index (χ1v) is 7.46. The van der Waals surface area contributed by atoms with Crippen LogP contribution < -0.4 is 5.32 Å². The number of hydrogen-bond acceptors (Lipinski definition) is 4. The van der Waals surface area contributed by atoms with Crippen molar-refractivity contribution in [3.05, 3.63) is 42.5 Å². The van der Waals surface area contributed by atoms with Crippen molar-refractivity contribution in [2.24, 2.45) is 0 Å². The molecule has 0 aromatic heterocycles. The lowest BCUT2D eigenvalue weighted by Gasteiger charge is -2.21. The molecule has 19 heavy (non-hydrogen) atoms. The van der Waals surface area contributed by atoms with Crippen LogP contribution >= 0.6 is 0 Å². The minimum absolute atomic E-state index is 0.0578.